The van der Waals surface area contributed by atoms with Crippen LogP contribution in [0.1, 0.15) is 47.7 Å². The fourth-order valence-electron chi connectivity index (χ4n) is 1.77. The Bertz CT molecular complexity index is 585. The summed E-state index contributed by atoms with van der Waals surface area (Å²) in [6.45, 7) is 5.68. The maximum atomic E-state index is 12.1. The molecule has 2 aromatic heterocycles. The maximum absolute atomic E-state index is 12.1. The molecule has 0 fully saturated rings. The third-order valence-electron chi connectivity index (χ3n) is 3.15. The highest BCUT2D eigenvalue weighted by Gasteiger charge is 2.18. The summed E-state index contributed by atoms with van der Waals surface area (Å²) in [6.07, 6.45) is 2.57. The fourth-order valence-corrected chi connectivity index (χ4v) is 1.77. The molecule has 102 valence electrons. The molecule has 0 aliphatic heterocycles. The SMILES string of the molecule is CCc1noc(C(C)NC(=O)c2ccn(C)c2C)n1. The number of hydrogen-bond donors (Lipinski definition) is 1. The highest BCUT2D eigenvalue weighted by atomic mass is 16.5. The summed E-state index contributed by atoms with van der Waals surface area (Å²) in [6, 6.07) is 1.49. The second kappa shape index (κ2) is 5.26. The molecule has 6 nitrogen and oxygen atoms in total. The number of aryl methyl sites for hydroxylation is 2. The average molecular weight is 262 g/mol. The topological polar surface area (TPSA) is 73.0 Å². The number of rotatable bonds is 4. The molecule has 2 rings (SSSR count). The van der Waals surface area contributed by atoms with Crippen LogP contribution in [0, 0.1) is 6.92 Å². The largest absolute Gasteiger partial charge is 0.354 e. The number of nitrogens with one attached hydrogen (secondary N) is 1. The van der Waals surface area contributed by atoms with Gasteiger partial charge in [0.15, 0.2) is 5.82 Å². The van der Waals surface area contributed by atoms with Crippen LogP contribution in [0.2, 0.25) is 0 Å². The van der Waals surface area contributed by atoms with Crippen LogP contribution in [0.25, 0.3) is 0 Å². The zero-order chi connectivity index (χ0) is 14.0. The molecule has 0 saturated carbocycles. The summed E-state index contributed by atoms with van der Waals surface area (Å²) in [7, 11) is 1.90. The van der Waals surface area contributed by atoms with E-state index >= 15 is 0 Å². The van der Waals surface area contributed by atoms with E-state index in [1.54, 1.807) is 6.07 Å². The first-order valence-electron chi connectivity index (χ1n) is 6.28. The molecule has 6 heteroatoms. The minimum absolute atomic E-state index is 0.137. The molecule has 1 N–H and O–H groups in total. The Morgan fingerprint density at radius 2 is 2.32 bits per heavy atom. The van der Waals surface area contributed by atoms with E-state index in [4.69, 9.17) is 4.52 Å². The zero-order valence-corrected chi connectivity index (χ0v) is 11.6. The Morgan fingerprint density at radius 3 is 2.84 bits per heavy atom. The molecule has 0 spiro atoms. The first-order chi connectivity index (χ1) is 9.02. The van der Waals surface area contributed by atoms with Crippen molar-refractivity contribution in [2.75, 3.05) is 0 Å². The second-order valence-corrected chi connectivity index (χ2v) is 4.52. The highest BCUT2D eigenvalue weighted by molar-refractivity contribution is 5.95. The highest BCUT2D eigenvalue weighted by Crippen LogP contribution is 2.13. The monoisotopic (exact) mass is 262 g/mol. The van der Waals surface area contributed by atoms with E-state index in [1.807, 2.05) is 38.6 Å². The van der Waals surface area contributed by atoms with Crippen LogP contribution in [0.15, 0.2) is 16.8 Å². The normalized spacial score (nSPS) is 12.4. The van der Waals surface area contributed by atoms with Crippen molar-refractivity contribution in [2.45, 2.75) is 33.2 Å². The van der Waals surface area contributed by atoms with Crippen LogP contribution < -0.4 is 5.32 Å². The lowest BCUT2D eigenvalue weighted by molar-refractivity contribution is 0.0932. The van der Waals surface area contributed by atoms with Gasteiger partial charge >= 0.3 is 0 Å². The van der Waals surface area contributed by atoms with E-state index in [9.17, 15) is 4.79 Å². The zero-order valence-electron chi connectivity index (χ0n) is 11.6. The van der Waals surface area contributed by atoms with Gasteiger partial charge in [-0.25, -0.2) is 0 Å². The lowest BCUT2D eigenvalue weighted by Crippen LogP contribution is -2.27. The van der Waals surface area contributed by atoms with E-state index < -0.39 is 0 Å². The third kappa shape index (κ3) is 2.67. The van der Waals surface area contributed by atoms with Gasteiger partial charge in [0.2, 0.25) is 5.89 Å². The Kier molecular flexibility index (Phi) is 3.69. The summed E-state index contributed by atoms with van der Waals surface area (Å²) in [5.74, 6) is 0.938. The smallest absolute Gasteiger partial charge is 0.253 e. The quantitative estimate of drug-likeness (QED) is 0.911. The molecule has 0 aromatic carbocycles. The Hall–Kier alpha value is -2.11. The molecule has 1 atom stereocenters. The molecule has 1 amide bonds. The molecule has 0 radical (unpaired) electrons. The lowest BCUT2D eigenvalue weighted by atomic mass is 10.2. The Morgan fingerprint density at radius 1 is 1.58 bits per heavy atom. The van der Waals surface area contributed by atoms with Crippen LogP contribution in [0.5, 0.6) is 0 Å². The second-order valence-electron chi connectivity index (χ2n) is 4.52. The summed E-state index contributed by atoms with van der Waals surface area (Å²) in [5.41, 5.74) is 1.58. The van der Waals surface area contributed by atoms with E-state index in [0.717, 1.165) is 5.69 Å². The third-order valence-corrected chi connectivity index (χ3v) is 3.15. The molecule has 19 heavy (non-hydrogen) atoms. The number of carbonyl (C=O) groups is 1. The standard InChI is InChI=1S/C13H18N4O2/c1-5-11-15-13(19-16-11)8(2)14-12(18)10-6-7-17(4)9(10)3/h6-8H,5H2,1-4H3,(H,14,18). The van der Waals surface area contributed by atoms with Gasteiger partial charge in [-0.3, -0.25) is 4.79 Å². The number of amides is 1. The predicted molar refractivity (Wildman–Crippen MR) is 69.7 cm³/mol. The minimum atomic E-state index is -0.306. The van der Waals surface area contributed by atoms with Gasteiger partial charge in [-0.15, -0.1) is 0 Å². The molecular weight excluding hydrogens is 244 g/mol. The molecule has 2 aromatic rings. The van der Waals surface area contributed by atoms with Crippen LogP contribution in [0.3, 0.4) is 0 Å². The van der Waals surface area contributed by atoms with Crippen molar-refractivity contribution in [3.63, 3.8) is 0 Å². The van der Waals surface area contributed by atoms with Gasteiger partial charge in [0, 0.05) is 25.4 Å². The lowest BCUT2D eigenvalue weighted by Gasteiger charge is -2.09. The number of carbonyl (C=O) groups excluding carboxylic acids is 1. The minimum Gasteiger partial charge on any atom is -0.354 e. The van der Waals surface area contributed by atoms with E-state index in [2.05, 4.69) is 15.5 Å². The van der Waals surface area contributed by atoms with Gasteiger partial charge < -0.3 is 14.4 Å². The molecular formula is C13H18N4O2. The van der Waals surface area contributed by atoms with Gasteiger partial charge in [-0.05, 0) is 19.9 Å². The Labute approximate surface area is 111 Å². The van der Waals surface area contributed by atoms with Gasteiger partial charge in [-0.1, -0.05) is 12.1 Å². The van der Waals surface area contributed by atoms with E-state index in [0.29, 0.717) is 23.7 Å². The first-order valence-corrected chi connectivity index (χ1v) is 6.28. The van der Waals surface area contributed by atoms with Crippen molar-refractivity contribution < 1.29 is 9.32 Å². The van der Waals surface area contributed by atoms with E-state index in [-0.39, 0.29) is 11.9 Å². The van der Waals surface area contributed by atoms with Gasteiger partial charge in [-0.2, -0.15) is 4.98 Å². The van der Waals surface area contributed by atoms with Crippen molar-refractivity contribution in [3.8, 4) is 0 Å². The number of aromatic nitrogens is 3. The van der Waals surface area contributed by atoms with Crippen molar-refractivity contribution >= 4 is 5.91 Å². The summed E-state index contributed by atoms with van der Waals surface area (Å²) in [5, 5.41) is 6.67. The van der Waals surface area contributed by atoms with Gasteiger partial charge in [0.1, 0.15) is 6.04 Å². The van der Waals surface area contributed by atoms with Crippen LogP contribution in [-0.2, 0) is 13.5 Å². The maximum Gasteiger partial charge on any atom is 0.253 e. The molecule has 1 unspecified atom stereocenters. The predicted octanol–water partition coefficient (Wildman–Crippen LogP) is 1.77. The molecule has 0 aliphatic carbocycles. The van der Waals surface area contributed by atoms with Gasteiger partial charge in [0.25, 0.3) is 5.91 Å². The first kappa shape index (κ1) is 13.3. The molecule has 0 saturated heterocycles. The molecule has 2 heterocycles. The summed E-state index contributed by atoms with van der Waals surface area (Å²) >= 11 is 0. The molecule has 0 bridgehead atoms. The Balaban J connectivity index is 2.08. The molecule has 0 aliphatic rings. The number of nitrogens with zero attached hydrogens (tertiary/aromatic N) is 3. The fraction of sp³-hybridized carbons (Fsp3) is 0.462. The number of hydrogen-bond acceptors (Lipinski definition) is 4. The van der Waals surface area contributed by atoms with Crippen molar-refractivity contribution in [1.29, 1.82) is 0 Å². The van der Waals surface area contributed by atoms with Crippen LogP contribution >= 0.6 is 0 Å². The van der Waals surface area contributed by atoms with E-state index in [1.165, 1.54) is 0 Å². The van der Waals surface area contributed by atoms with Crippen molar-refractivity contribution in [2.24, 2.45) is 7.05 Å². The van der Waals surface area contributed by atoms with Crippen LogP contribution in [-0.4, -0.2) is 20.6 Å². The van der Waals surface area contributed by atoms with Crippen molar-refractivity contribution in [1.82, 2.24) is 20.0 Å². The summed E-state index contributed by atoms with van der Waals surface area (Å²) < 4.78 is 7.01. The average Bonchev–Trinajstić information content (AvgIpc) is 2.98. The summed E-state index contributed by atoms with van der Waals surface area (Å²) in [4.78, 5) is 16.3. The van der Waals surface area contributed by atoms with Crippen LogP contribution in [0.4, 0.5) is 0 Å². The van der Waals surface area contributed by atoms with Gasteiger partial charge in [0.05, 0.1) is 5.56 Å². The van der Waals surface area contributed by atoms with Crippen molar-refractivity contribution in [3.05, 3.63) is 35.2 Å².